The molecule has 3 atom stereocenters. The number of rotatable bonds is 4. The number of allylic oxidation sites excluding steroid dienone is 1. The predicted molar refractivity (Wildman–Crippen MR) is 108 cm³/mol. The number of piperidine rings is 1. The molecule has 174 valence electrons. The molecule has 0 spiro atoms. The summed E-state index contributed by atoms with van der Waals surface area (Å²) < 4.78 is 79.9. The minimum absolute atomic E-state index is 0.120. The van der Waals surface area contributed by atoms with E-state index in [0.29, 0.717) is 43.4 Å². The van der Waals surface area contributed by atoms with Crippen molar-refractivity contribution in [1.29, 1.82) is 5.26 Å². The number of nitrogens with zero attached hydrogens (tertiary/aromatic N) is 2. The fraction of sp³-hybridized carbons (Fsp3) is 0.571. The summed E-state index contributed by atoms with van der Waals surface area (Å²) in [5, 5.41) is 9.62. The van der Waals surface area contributed by atoms with E-state index in [-0.39, 0.29) is 17.4 Å². The fourth-order valence-electron chi connectivity index (χ4n) is 5.76. The second-order valence-corrected chi connectivity index (χ2v) is 9.95. The summed E-state index contributed by atoms with van der Waals surface area (Å²) in [4.78, 5) is 2.15. The number of hydrogen-bond donors (Lipinski definition) is 0. The van der Waals surface area contributed by atoms with Crippen LogP contribution in [0.2, 0.25) is 0 Å². The van der Waals surface area contributed by atoms with Crippen molar-refractivity contribution < 1.29 is 35.2 Å². The van der Waals surface area contributed by atoms with E-state index < -0.39 is 32.4 Å². The lowest BCUT2D eigenvalue weighted by molar-refractivity contribution is -0.155. The van der Waals surface area contributed by atoms with Crippen molar-refractivity contribution in [1.82, 2.24) is 4.90 Å². The Kier molecular flexibility index (Phi) is 5.27. The van der Waals surface area contributed by atoms with Crippen LogP contribution in [-0.2, 0) is 26.7 Å². The molecule has 7 nitrogen and oxygen atoms in total. The number of likely N-dealkylation sites (tertiary alicyclic amines) is 1. The van der Waals surface area contributed by atoms with Crippen LogP contribution in [0, 0.1) is 11.3 Å². The van der Waals surface area contributed by atoms with Crippen LogP contribution in [0.5, 0.6) is 11.5 Å². The van der Waals surface area contributed by atoms with Crippen molar-refractivity contribution in [2.45, 2.75) is 48.2 Å². The lowest BCUT2D eigenvalue weighted by Crippen LogP contribution is -2.71. The maximum Gasteiger partial charge on any atom is 0.534 e. The first kappa shape index (κ1) is 22.9. The smallest absolute Gasteiger partial charge is 0.493 e. The highest BCUT2D eigenvalue weighted by molar-refractivity contribution is 7.88. The van der Waals surface area contributed by atoms with Crippen molar-refractivity contribution in [3.8, 4) is 17.6 Å². The highest BCUT2D eigenvalue weighted by Gasteiger charge is 2.65. The van der Waals surface area contributed by atoms with Gasteiger partial charge in [-0.15, -0.1) is 0 Å². The number of benzene rings is 1. The van der Waals surface area contributed by atoms with Gasteiger partial charge < -0.3 is 18.6 Å². The van der Waals surface area contributed by atoms with Gasteiger partial charge in [-0.25, -0.2) is 0 Å². The zero-order chi connectivity index (χ0) is 23.5. The lowest BCUT2D eigenvalue weighted by Gasteiger charge is -2.63. The minimum atomic E-state index is -5.96. The van der Waals surface area contributed by atoms with Crippen LogP contribution < -0.4 is 8.92 Å². The largest absolute Gasteiger partial charge is 0.534 e. The normalized spacial score (nSPS) is 29.9. The standard InChI is InChI=1S/C21H23F3N2O5S/c1-26-9-8-19-11-13(12-25)6-7-20(19,30-3)16(26)10-14-4-5-15(29-2)18(17(14)19)31-32(27,28)21(22,23)24/h4-5,11,16H,6-10H2,1-3H3/t16-,19-,20-/m1/s1. The summed E-state index contributed by atoms with van der Waals surface area (Å²) >= 11 is 0. The Morgan fingerprint density at radius 2 is 1.97 bits per heavy atom. The minimum Gasteiger partial charge on any atom is -0.493 e. The van der Waals surface area contributed by atoms with Crippen molar-refractivity contribution in [2.24, 2.45) is 0 Å². The highest BCUT2D eigenvalue weighted by atomic mass is 32.2. The Bertz CT molecular complexity index is 1130. The maximum absolute atomic E-state index is 13.2. The highest BCUT2D eigenvalue weighted by Crippen LogP contribution is 2.61. The van der Waals surface area contributed by atoms with Crippen LogP contribution >= 0.6 is 0 Å². The second-order valence-electron chi connectivity index (χ2n) is 8.41. The monoisotopic (exact) mass is 472 g/mol. The van der Waals surface area contributed by atoms with Gasteiger partial charge in [0.2, 0.25) is 0 Å². The van der Waals surface area contributed by atoms with Crippen LogP contribution in [0.4, 0.5) is 13.2 Å². The molecule has 1 aromatic carbocycles. The molecule has 32 heavy (non-hydrogen) atoms. The van der Waals surface area contributed by atoms with Gasteiger partial charge in [0.15, 0.2) is 11.5 Å². The molecule has 0 radical (unpaired) electrons. The fourth-order valence-corrected chi connectivity index (χ4v) is 6.24. The molecule has 0 saturated carbocycles. The molecule has 1 heterocycles. The number of likely N-dealkylation sites (N-methyl/N-ethyl adjacent to an activating group) is 1. The number of fused-ring (bicyclic) bond motifs is 1. The van der Waals surface area contributed by atoms with Crippen LogP contribution in [0.15, 0.2) is 23.8 Å². The van der Waals surface area contributed by atoms with Gasteiger partial charge in [-0.3, -0.25) is 0 Å². The summed E-state index contributed by atoms with van der Waals surface area (Å²) in [6.07, 6.45) is 3.47. The van der Waals surface area contributed by atoms with Crippen molar-refractivity contribution in [2.75, 3.05) is 27.8 Å². The molecule has 2 aliphatic carbocycles. The number of halogens is 3. The van der Waals surface area contributed by atoms with E-state index in [1.807, 2.05) is 7.05 Å². The second kappa shape index (κ2) is 7.37. The average molecular weight is 472 g/mol. The van der Waals surface area contributed by atoms with Crippen molar-refractivity contribution in [3.05, 3.63) is 34.9 Å². The number of ether oxygens (including phenoxy) is 2. The number of hydrogen-bond acceptors (Lipinski definition) is 7. The predicted octanol–water partition coefficient (Wildman–Crippen LogP) is 3.05. The quantitative estimate of drug-likeness (QED) is 0.492. The molecule has 1 fully saturated rings. The van der Waals surface area contributed by atoms with E-state index in [0.717, 1.165) is 0 Å². The molecule has 0 N–H and O–H groups in total. The zero-order valence-corrected chi connectivity index (χ0v) is 18.6. The van der Waals surface area contributed by atoms with Gasteiger partial charge in [0.05, 0.1) is 24.2 Å². The maximum atomic E-state index is 13.2. The summed E-state index contributed by atoms with van der Waals surface area (Å²) in [7, 11) is -1.23. The molecule has 4 rings (SSSR count). The average Bonchev–Trinajstić information content (AvgIpc) is 2.74. The molecular formula is C21H23F3N2O5S. The molecule has 1 aromatic rings. The third kappa shape index (κ3) is 2.96. The Balaban J connectivity index is 2.07. The van der Waals surface area contributed by atoms with Crippen LogP contribution in [0.25, 0.3) is 0 Å². The molecule has 1 saturated heterocycles. The molecule has 0 unspecified atom stereocenters. The van der Waals surface area contributed by atoms with Crippen LogP contribution in [0.3, 0.4) is 0 Å². The van der Waals surface area contributed by atoms with Gasteiger partial charge in [-0.2, -0.15) is 26.9 Å². The van der Waals surface area contributed by atoms with E-state index in [2.05, 4.69) is 11.0 Å². The first-order valence-electron chi connectivity index (χ1n) is 10.0. The Morgan fingerprint density at radius 1 is 1.25 bits per heavy atom. The first-order valence-corrected chi connectivity index (χ1v) is 11.5. The Morgan fingerprint density at radius 3 is 2.56 bits per heavy atom. The van der Waals surface area contributed by atoms with Crippen LogP contribution in [0.1, 0.15) is 30.4 Å². The van der Waals surface area contributed by atoms with Gasteiger partial charge in [-0.05, 0) is 50.9 Å². The molecule has 2 bridgehead atoms. The van der Waals surface area contributed by atoms with Gasteiger partial charge in [0.25, 0.3) is 0 Å². The van der Waals surface area contributed by atoms with Gasteiger partial charge in [0, 0.05) is 24.3 Å². The van der Waals surface area contributed by atoms with E-state index in [9.17, 15) is 26.9 Å². The van der Waals surface area contributed by atoms with Crippen molar-refractivity contribution in [3.63, 3.8) is 0 Å². The van der Waals surface area contributed by atoms with E-state index in [1.54, 1.807) is 19.3 Å². The number of alkyl halides is 3. The molecule has 0 aromatic heterocycles. The van der Waals surface area contributed by atoms with Crippen LogP contribution in [-0.4, -0.2) is 58.3 Å². The third-order valence-electron chi connectivity index (χ3n) is 7.14. The van der Waals surface area contributed by atoms with Gasteiger partial charge in [-0.1, -0.05) is 12.1 Å². The summed E-state index contributed by atoms with van der Waals surface area (Å²) in [6, 6.07) is 5.16. The lowest BCUT2D eigenvalue weighted by atomic mass is 9.50. The van der Waals surface area contributed by atoms with E-state index >= 15 is 0 Å². The Hall–Kier alpha value is -2.29. The number of methoxy groups -OCH3 is 2. The molecule has 11 heteroatoms. The summed E-state index contributed by atoms with van der Waals surface area (Å²) in [5.41, 5.74) is -6.15. The SMILES string of the molecule is COc1ccc2c(c1OS(=O)(=O)C(F)(F)F)[C@@]13C=C(C#N)CC[C@@]1(OC)[C@@H](C2)N(C)CC3. The zero-order valence-electron chi connectivity index (χ0n) is 17.8. The molecule has 3 aliphatic rings. The molecular weight excluding hydrogens is 449 g/mol. The summed E-state index contributed by atoms with van der Waals surface area (Å²) in [5.74, 6) is -0.631. The number of nitriles is 1. The van der Waals surface area contributed by atoms with Gasteiger partial charge in [0.1, 0.15) is 0 Å². The molecule has 1 aliphatic heterocycles. The molecule has 0 amide bonds. The van der Waals surface area contributed by atoms with Crippen molar-refractivity contribution >= 4 is 10.1 Å². The topological polar surface area (TPSA) is 88.9 Å². The van der Waals surface area contributed by atoms with E-state index in [4.69, 9.17) is 13.7 Å². The van der Waals surface area contributed by atoms with E-state index in [1.165, 1.54) is 13.2 Å². The Labute approximate surface area is 184 Å². The first-order chi connectivity index (χ1) is 15.0. The summed E-state index contributed by atoms with van der Waals surface area (Å²) in [6.45, 7) is 0.576. The van der Waals surface area contributed by atoms with Gasteiger partial charge >= 0.3 is 15.6 Å². The third-order valence-corrected chi connectivity index (χ3v) is 8.10.